The van der Waals surface area contributed by atoms with E-state index in [1.54, 1.807) is 6.07 Å². The molecule has 3 aliphatic rings. The molecule has 0 atom stereocenters. The van der Waals surface area contributed by atoms with Crippen LogP contribution in [0.4, 0.5) is 0 Å². The fraction of sp³-hybridized carbons (Fsp3) is 0.591. The number of piperidine rings is 1. The maximum absolute atomic E-state index is 12.9. The summed E-state index contributed by atoms with van der Waals surface area (Å²) in [6.45, 7) is 5.09. The molecule has 0 aromatic heterocycles. The Morgan fingerprint density at radius 3 is 2.69 bits per heavy atom. The monoisotopic (exact) mass is 399 g/mol. The van der Waals surface area contributed by atoms with Gasteiger partial charge < -0.3 is 19.8 Å². The smallest absolute Gasteiger partial charge is 0.269 e. The molecular weight excluding hydrogens is 370 g/mol. The summed E-state index contributed by atoms with van der Waals surface area (Å²) in [5.74, 6) is 0.594. The second-order valence-corrected chi connectivity index (χ2v) is 8.58. The van der Waals surface area contributed by atoms with Crippen molar-refractivity contribution in [1.82, 2.24) is 10.2 Å². The van der Waals surface area contributed by atoms with E-state index in [1.165, 1.54) is 6.42 Å². The Labute approximate surface area is 171 Å². The van der Waals surface area contributed by atoms with E-state index in [4.69, 9.17) is 9.57 Å². The number of amides is 2. The average molecular weight is 399 g/mol. The van der Waals surface area contributed by atoms with Gasteiger partial charge in [-0.05, 0) is 51.3 Å². The molecule has 7 nitrogen and oxygen atoms in total. The van der Waals surface area contributed by atoms with Gasteiger partial charge in [0.2, 0.25) is 0 Å². The van der Waals surface area contributed by atoms with Gasteiger partial charge in [0.15, 0.2) is 0 Å². The highest BCUT2D eigenvalue weighted by molar-refractivity contribution is 6.39. The summed E-state index contributed by atoms with van der Waals surface area (Å²) in [4.78, 5) is 32.8. The zero-order chi connectivity index (χ0) is 20.4. The summed E-state index contributed by atoms with van der Waals surface area (Å²) in [5.41, 5.74) is 0.657. The first-order chi connectivity index (χ1) is 13.9. The van der Waals surface area contributed by atoms with Crippen LogP contribution in [0.1, 0.15) is 62.7 Å². The molecule has 1 spiro atoms. The molecule has 7 heteroatoms. The van der Waals surface area contributed by atoms with Crippen LogP contribution in [0.15, 0.2) is 29.4 Å². The second kappa shape index (κ2) is 8.05. The molecule has 156 valence electrons. The van der Waals surface area contributed by atoms with Gasteiger partial charge in [-0.25, -0.2) is 0 Å². The normalized spacial score (nSPS) is 20.8. The largest absolute Gasteiger partial charge is 0.491 e. The Kier molecular flexibility index (Phi) is 5.48. The van der Waals surface area contributed by atoms with Crippen molar-refractivity contribution in [3.63, 3.8) is 0 Å². The van der Waals surface area contributed by atoms with E-state index in [9.17, 15) is 9.59 Å². The third-order valence-electron chi connectivity index (χ3n) is 5.96. The molecule has 2 aliphatic heterocycles. The van der Waals surface area contributed by atoms with Crippen molar-refractivity contribution in [2.24, 2.45) is 5.16 Å². The maximum atomic E-state index is 12.9. The quantitative estimate of drug-likeness (QED) is 0.826. The van der Waals surface area contributed by atoms with Crippen LogP contribution < -0.4 is 10.1 Å². The molecule has 1 saturated carbocycles. The molecule has 2 heterocycles. The van der Waals surface area contributed by atoms with Crippen molar-refractivity contribution in [3.8, 4) is 5.75 Å². The van der Waals surface area contributed by atoms with Gasteiger partial charge in [-0.3, -0.25) is 9.59 Å². The summed E-state index contributed by atoms with van der Waals surface area (Å²) >= 11 is 0. The number of carbonyl (C=O) groups excluding carboxylic acids is 2. The van der Waals surface area contributed by atoms with Gasteiger partial charge >= 0.3 is 0 Å². The van der Waals surface area contributed by atoms with E-state index in [0.29, 0.717) is 49.4 Å². The van der Waals surface area contributed by atoms with Crippen molar-refractivity contribution >= 4 is 17.5 Å². The first-order valence-electron chi connectivity index (χ1n) is 10.6. The first kappa shape index (κ1) is 19.7. The van der Waals surface area contributed by atoms with Crippen molar-refractivity contribution < 1.29 is 19.2 Å². The fourth-order valence-corrected chi connectivity index (χ4v) is 4.01. The summed E-state index contributed by atoms with van der Waals surface area (Å²) in [6.07, 6.45) is 5.19. The lowest BCUT2D eigenvalue weighted by Crippen LogP contribution is -2.48. The summed E-state index contributed by atoms with van der Waals surface area (Å²) in [5, 5.41) is 7.10. The van der Waals surface area contributed by atoms with E-state index in [1.807, 2.05) is 36.9 Å². The van der Waals surface area contributed by atoms with E-state index in [2.05, 4.69) is 10.5 Å². The predicted molar refractivity (Wildman–Crippen MR) is 109 cm³/mol. The predicted octanol–water partition coefficient (Wildman–Crippen LogP) is 2.89. The van der Waals surface area contributed by atoms with Crippen molar-refractivity contribution in [3.05, 3.63) is 29.8 Å². The van der Waals surface area contributed by atoms with Crippen LogP contribution in [0, 0.1) is 0 Å². The van der Waals surface area contributed by atoms with Gasteiger partial charge in [-0.2, -0.15) is 0 Å². The Hall–Kier alpha value is -2.57. The molecule has 0 unspecified atom stereocenters. The number of carbonyl (C=O) groups is 2. The number of nitrogens with zero attached hydrogens (tertiary/aromatic N) is 2. The van der Waals surface area contributed by atoms with Crippen molar-refractivity contribution in [1.29, 1.82) is 0 Å². The number of benzene rings is 1. The number of rotatable bonds is 5. The summed E-state index contributed by atoms with van der Waals surface area (Å²) in [6, 6.07) is 7.61. The molecule has 4 rings (SSSR count). The maximum Gasteiger partial charge on any atom is 0.269 e. The molecule has 1 N–H and O–H groups in total. The van der Waals surface area contributed by atoms with Gasteiger partial charge in [0.05, 0.1) is 6.10 Å². The van der Waals surface area contributed by atoms with Crippen LogP contribution in [0.5, 0.6) is 5.75 Å². The highest BCUT2D eigenvalue weighted by atomic mass is 16.7. The first-order valence-corrected chi connectivity index (χ1v) is 10.6. The van der Waals surface area contributed by atoms with E-state index >= 15 is 0 Å². The molecular formula is C22H29N3O4. The second-order valence-electron chi connectivity index (χ2n) is 8.58. The number of hydrogen-bond acceptors (Lipinski definition) is 5. The lowest BCUT2D eigenvalue weighted by molar-refractivity contribution is -0.116. The van der Waals surface area contributed by atoms with Gasteiger partial charge in [-0.1, -0.05) is 11.2 Å². The Bertz CT molecular complexity index is 808. The van der Waals surface area contributed by atoms with Gasteiger partial charge in [-0.15, -0.1) is 0 Å². The van der Waals surface area contributed by atoms with Crippen LogP contribution in [0.25, 0.3) is 0 Å². The molecule has 1 saturated heterocycles. The third-order valence-corrected chi connectivity index (χ3v) is 5.96. The summed E-state index contributed by atoms with van der Waals surface area (Å²) < 4.78 is 5.70. The van der Waals surface area contributed by atoms with E-state index < -0.39 is 5.60 Å². The fourth-order valence-electron chi connectivity index (χ4n) is 4.01. The van der Waals surface area contributed by atoms with Crippen LogP contribution in [-0.2, 0) is 9.63 Å². The molecule has 1 aromatic rings. The molecule has 0 radical (unpaired) electrons. The highest BCUT2D eigenvalue weighted by Gasteiger charge is 2.44. The topological polar surface area (TPSA) is 80.2 Å². The third kappa shape index (κ3) is 4.38. The minimum Gasteiger partial charge on any atom is -0.491 e. The van der Waals surface area contributed by atoms with Crippen LogP contribution >= 0.6 is 0 Å². The van der Waals surface area contributed by atoms with Crippen LogP contribution in [-0.4, -0.2) is 53.3 Å². The number of nitrogens with one attached hydrogen (secondary N) is 1. The van der Waals surface area contributed by atoms with E-state index in [0.717, 1.165) is 12.8 Å². The van der Waals surface area contributed by atoms with Crippen molar-refractivity contribution in [2.45, 2.75) is 70.1 Å². The van der Waals surface area contributed by atoms with Gasteiger partial charge in [0.1, 0.15) is 17.1 Å². The molecule has 0 bridgehead atoms. The van der Waals surface area contributed by atoms with Gasteiger partial charge in [0, 0.05) is 44.0 Å². The van der Waals surface area contributed by atoms with Crippen LogP contribution in [0.2, 0.25) is 0 Å². The van der Waals surface area contributed by atoms with Crippen molar-refractivity contribution in [2.75, 3.05) is 13.1 Å². The zero-order valence-corrected chi connectivity index (χ0v) is 17.1. The number of ether oxygens (including phenoxy) is 1. The zero-order valence-electron chi connectivity index (χ0n) is 17.1. The minimum absolute atomic E-state index is 0.00378. The lowest BCUT2D eigenvalue weighted by atomic mass is 9.86. The number of oxime groups is 1. The molecule has 1 aromatic carbocycles. The summed E-state index contributed by atoms with van der Waals surface area (Å²) in [7, 11) is 0. The number of hydrogen-bond donors (Lipinski definition) is 1. The Morgan fingerprint density at radius 1 is 1.28 bits per heavy atom. The SMILES string of the molecule is CC(C)Oc1cccc(C(=O)N2CCC3(CC2)CC(C(=O)NC2CCC2)=NO3)c1. The lowest BCUT2D eigenvalue weighted by Gasteiger charge is -2.37. The molecule has 2 fully saturated rings. The minimum atomic E-state index is -0.453. The molecule has 2 amide bonds. The van der Waals surface area contributed by atoms with Gasteiger partial charge in [0.25, 0.3) is 11.8 Å². The molecule has 1 aliphatic carbocycles. The average Bonchev–Trinajstić information content (AvgIpc) is 3.08. The van der Waals surface area contributed by atoms with E-state index in [-0.39, 0.29) is 24.0 Å². The Morgan fingerprint density at radius 2 is 2.03 bits per heavy atom. The highest BCUT2D eigenvalue weighted by Crippen LogP contribution is 2.35. The standard InChI is InChI=1S/C22H29N3O4/c1-15(2)28-18-8-3-5-16(13-18)21(27)25-11-9-22(10-12-25)14-19(24-29-22)20(26)23-17-6-4-7-17/h3,5,8,13,15,17H,4,6-7,9-12,14H2,1-2H3,(H,23,26). The van der Waals surface area contributed by atoms with Crippen LogP contribution in [0.3, 0.4) is 0 Å². The number of likely N-dealkylation sites (tertiary alicyclic amines) is 1. The molecule has 29 heavy (non-hydrogen) atoms. The Balaban J connectivity index is 1.31.